The topological polar surface area (TPSA) is 86.4 Å². The van der Waals surface area contributed by atoms with E-state index in [-0.39, 0.29) is 16.7 Å². The molecule has 1 saturated heterocycles. The third-order valence-corrected chi connectivity index (χ3v) is 5.87. The smallest absolute Gasteiger partial charge is 0.246 e. The number of nitrogens with one attached hydrogen (secondary N) is 1. The van der Waals surface area contributed by atoms with Crippen molar-refractivity contribution in [3.8, 4) is 0 Å². The van der Waals surface area contributed by atoms with Gasteiger partial charge in [-0.25, -0.2) is 8.42 Å². The first kappa shape index (κ1) is 16.0. The molecule has 1 aliphatic heterocycles. The summed E-state index contributed by atoms with van der Waals surface area (Å²) in [7, 11) is -3.55. The zero-order valence-electron chi connectivity index (χ0n) is 12.9. The van der Waals surface area contributed by atoms with Crippen LogP contribution < -0.4 is 0 Å². The second-order valence-electron chi connectivity index (χ2n) is 5.65. The number of sulfonamides is 1. The molecule has 0 bridgehead atoms. The molecule has 21 heavy (non-hydrogen) atoms. The van der Waals surface area contributed by atoms with Gasteiger partial charge < -0.3 is 4.90 Å². The van der Waals surface area contributed by atoms with Gasteiger partial charge in [0, 0.05) is 32.1 Å². The first-order valence-corrected chi connectivity index (χ1v) is 8.49. The highest BCUT2D eigenvalue weighted by atomic mass is 32.2. The van der Waals surface area contributed by atoms with Gasteiger partial charge in [0.25, 0.3) is 0 Å². The van der Waals surface area contributed by atoms with Gasteiger partial charge in [-0.05, 0) is 13.8 Å². The Kier molecular flexibility index (Phi) is 4.38. The summed E-state index contributed by atoms with van der Waals surface area (Å²) in [5, 5.41) is 6.65. The van der Waals surface area contributed by atoms with E-state index >= 15 is 0 Å². The number of rotatable bonds is 3. The minimum atomic E-state index is -3.55. The van der Waals surface area contributed by atoms with Gasteiger partial charge in [-0.2, -0.15) is 9.40 Å². The van der Waals surface area contributed by atoms with Crippen LogP contribution in [-0.2, 0) is 14.8 Å². The fourth-order valence-corrected chi connectivity index (χ4v) is 4.32. The molecule has 0 aromatic carbocycles. The van der Waals surface area contributed by atoms with Crippen LogP contribution in [0.2, 0.25) is 0 Å². The second kappa shape index (κ2) is 5.76. The Morgan fingerprint density at radius 1 is 1.19 bits per heavy atom. The molecule has 0 atom stereocenters. The lowest BCUT2D eigenvalue weighted by Gasteiger charge is -2.34. The van der Waals surface area contributed by atoms with E-state index in [2.05, 4.69) is 10.2 Å². The van der Waals surface area contributed by atoms with Gasteiger partial charge in [0.05, 0.1) is 11.4 Å². The summed E-state index contributed by atoms with van der Waals surface area (Å²) in [5.74, 6) is 0.00856. The molecule has 1 aromatic rings. The van der Waals surface area contributed by atoms with Crippen LogP contribution in [0.1, 0.15) is 25.2 Å². The van der Waals surface area contributed by atoms with Gasteiger partial charge >= 0.3 is 0 Å². The van der Waals surface area contributed by atoms with Crippen LogP contribution >= 0.6 is 0 Å². The van der Waals surface area contributed by atoms with Gasteiger partial charge in [-0.15, -0.1) is 0 Å². The van der Waals surface area contributed by atoms with Crippen LogP contribution in [0, 0.1) is 19.8 Å². The fourth-order valence-electron chi connectivity index (χ4n) is 2.56. The number of aromatic amines is 1. The van der Waals surface area contributed by atoms with Gasteiger partial charge in [0.1, 0.15) is 4.90 Å². The highest BCUT2D eigenvalue weighted by Crippen LogP contribution is 2.22. The molecular weight excluding hydrogens is 292 g/mol. The van der Waals surface area contributed by atoms with Crippen molar-refractivity contribution in [1.29, 1.82) is 0 Å². The van der Waals surface area contributed by atoms with E-state index in [9.17, 15) is 13.2 Å². The Bertz CT molecular complexity index is 608. The Hall–Kier alpha value is -1.41. The molecule has 1 N–H and O–H groups in total. The number of carbonyl (C=O) groups is 1. The van der Waals surface area contributed by atoms with Gasteiger partial charge in [-0.1, -0.05) is 13.8 Å². The molecule has 7 nitrogen and oxygen atoms in total. The zero-order chi connectivity index (χ0) is 15.8. The number of aromatic nitrogens is 2. The van der Waals surface area contributed by atoms with Crippen LogP contribution in [0.25, 0.3) is 0 Å². The molecule has 2 heterocycles. The minimum Gasteiger partial charge on any atom is -0.340 e. The lowest BCUT2D eigenvalue weighted by molar-refractivity contribution is -0.135. The van der Waals surface area contributed by atoms with Crippen molar-refractivity contribution in [2.24, 2.45) is 5.92 Å². The number of H-pyrrole nitrogens is 1. The lowest BCUT2D eigenvalue weighted by atomic mass is 10.2. The molecule has 0 saturated carbocycles. The largest absolute Gasteiger partial charge is 0.340 e. The van der Waals surface area contributed by atoms with E-state index in [4.69, 9.17) is 0 Å². The van der Waals surface area contributed by atoms with Crippen molar-refractivity contribution < 1.29 is 13.2 Å². The standard InChI is InChI=1S/C13H22N4O3S/c1-9(2)13(18)16-5-7-17(8-6-16)21(19,20)12-10(3)14-15-11(12)4/h9H,5-8H2,1-4H3,(H,14,15). The van der Waals surface area contributed by atoms with Crippen LogP contribution in [0.4, 0.5) is 0 Å². The Balaban J connectivity index is 2.14. The molecule has 2 rings (SSSR count). The highest BCUT2D eigenvalue weighted by Gasteiger charge is 2.33. The summed E-state index contributed by atoms with van der Waals surface area (Å²) in [4.78, 5) is 13.9. The molecule has 0 aliphatic carbocycles. The van der Waals surface area contributed by atoms with E-state index < -0.39 is 10.0 Å². The molecular formula is C13H22N4O3S. The van der Waals surface area contributed by atoms with E-state index in [0.29, 0.717) is 37.6 Å². The molecule has 1 aliphatic rings. The summed E-state index contributed by atoms with van der Waals surface area (Å²) >= 11 is 0. The number of carbonyl (C=O) groups excluding carboxylic acids is 1. The van der Waals surface area contributed by atoms with E-state index in [0.717, 1.165) is 0 Å². The molecule has 1 amide bonds. The molecule has 0 radical (unpaired) electrons. The normalized spacial score (nSPS) is 17.5. The van der Waals surface area contributed by atoms with Gasteiger partial charge in [0.2, 0.25) is 15.9 Å². The maximum Gasteiger partial charge on any atom is 0.246 e. The molecule has 1 aromatic heterocycles. The SMILES string of the molecule is Cc1n[nH]c(C)c1S(=O)(=O)N1CCN(C(=O)C(C)C)CC1. The van der Waals surface area contributed by atoms with Gasteiger partial charge in [0.15, 0.2) is 0 Å². The van der Waals surface area contributed by atoms with Crippen molar-refractivity contribution >= 4 is 15.9 Å². The minimum absolute atomic E-state index is 0.0634. The second-order valence-corrected chi connectivity index (χ2v) is 7.52. The number of hydrogen-bond acceptors (Lipinski definition) is 4. The number of nitrogens with zero attached hydrogens (tertiary/aromatic N) is 3. The van der Waals surface area contributed by atoms with Crippen molar-refractivity contribution in [3.63, 3.8) is 0 Å². The monoisotopic (exact) mass is 314 g/mol. The average molecular weight is 314 g/mol. The fraction of sp³-hybridized carbons (Fsp3) is 0.692. The maximum absolute atomic E-state index is 12.7. The van der Waals surface area contributed by atoms with Crippen LogP contribution in [-0.4, -0.2) is 59.9 Å². The molecule has 118 valence electrons. The summed E-state index contributed by atoms with van der Waals surface area (Å²) in [6.45, 7) is 8.60. The van der Waals surface area contributed by atoms with Crippen molar-refractivity contribution in [3.05, 3.63) is 11.4 Å². The summed E-state index contributed by atoms with van der Waals surface area (Å²) in [5.41, 5.74) is 1.03. The Labute approximate surface area is 125 Å². The summed E-state index contributed by atoms with van der Waals surface area (Å²) in [6.07, 6.45) is 0. The van der Waals surface area contributed by atoms with Crippen molar-refractivity contribution in [2.75, 3.05) is 26.2 Å². The maximum atomic E-state index is 12.7. The predicted octanol–water partition coefficient (Wildman–Crippen LogP) is 0.515. The molecule has 0 spiro atoms. The van der Waals surface area contributed by atoms with Crippen LogP contribution in [0.3, 0.4) is 0 Å². The highest BCUT2D eigenvalue weighted by molar-refractivity contribution is 7.89. The van der Waals surface area contributed by atoms with E-state index in [1.807, 2.05) is 13.8 Å². The van der Waals surface area contributed by atoms with E-state index in [1.54, 1.807) is 18.7 Å². The average Bonchev–Trinajstić information content (AvgIpc) is 2.78. The van der Waals surface area contributed by atoms with Gasteiger partial charge in [-0.3, -0.25) is 9.89 Å². The number of aryl methyl sites for hydroxylation is 2. The summed E-state index contributed by atoms with van der Waals surface area (Å²) < 4.78 is 26.8. The van der Waals surface area contributed by atoms with E-state index in [1.165, 1.54) is 4.31 Å². The molecule has 1 fully saturated rings. The lowest BCUT2D eigenvalue weighted by Crippen LogP contribution is -2.51. The molecule has 8 heteroatoms. The van der Waals surface area contributed by atoms with Crippen LogP contribution in [0.5, 0.6) is 0 Å². The van der Waals surface area contributed by atoms with Crippen molar-refractivity contribution in [1.82, 2.24) is 19.4 Å². The number of amides is 1. The quantitative estimate of drug-likeness (QED) is 0.881. The number of hydrogen-bond donors (Lipinski definition) is 1. The first-order valence-electron chi connectivity index (χ1n) is 7.05. The Morgan fingerprint density at radius 3 is 2.19 bits per heavy atom. The van der Waals surface area contributed by atoms with Crippen molar-refractivity contribution in [2.45, 2.75) is 32.6 Å². The first-order chi connectivity index (χ1) is 9.75. The molecule has 0 unspecified atom stereocenters. The van der Waals surface area contributed by atoms with Crippen LogP contribution in [0.15, 0.2) is 4.90 Å². The summed E-state index contributed by atoms with van der Waals surface area (Å²) in [6, 6.07) is 0. The Morgan fingerprint density at radius 2 is 1.76 bits per heavy atom. The third kappa shape index (κ3) is 2.96. The number of piperazine rings is 1. The predicted molar refractivity (Wildman–Crippen MR) is 78.2 cm³/mol. The zero-order valence-corrected chi connectivity index (χ0v) is 13.7. The third-order valence-electron chi connectivity index (χ3n) is 3.70.